The van der Waals surface area contributed by atoms with Gasteiger partial charge in [0.1, 0.15) is 5.75 Å². The van der Waals surface area contributed by atoms with Crippen molar-refractivity contribution in [3.05, 3.63) is 23.8 Å². The average Bonchev–Trinajstić information content (AvgIpc) is 2.28. The van der Waals surface area contributed by atoms with Crippen molar-refractivity contribution >= 4 is 17.6 Å². The Kier molecular flexibility index (Phi) is 2.53. The lowest BCUT2D eigenvalue weighted by Crippen LogP contribution is -2.30. The molecule has 0 saturated heterocycles. The number of carboxylic acids is 1. The van der Waals surface area contributed by atoms with Crippen LogP contribution in [-0.4, -0.2) is 23.6 Å². The highest BCUT2D eigenvalue weighted by Gasteiger charge is 2.30. The molecule has 5 heteroatoms. The van der Waals surface area contributed by atoms with E-state index in [9.17, 15) is 9.59 Å². The third kappa shape index (κ3) is 1.95. The number of rotatable bonds is 2. The third-order valence-electron chi connectivity index (χ3n) is 2.87. The molecule has 0 saturated carbocycles. The summed E-state index contributed by atoms with van der Waals surface area (Å²) in [6, 6.07) is 5.00. The van der Waals surface area contributed by atoms with Crippen molar-refractivity contribution in [1.82, 2.24) is 0 Å². The highest BCUT2D eigenvalue weighted by Crippen LogP contribution is 2.33. The summed E-state index contributed by atoms with van der Waals surface area (Å²) >= 11 is 0. The number of fused-ring (bicyclic) bond motifs is 1. The first-order valence-electron chi connectivity index (χ1n) is 5.22. The Morgan fingerprint density at radius 1 is 1.47 bits per heavy atom. The van der Waals surface area contributed by atoms with Gasteiger partial charge in [-0.1, -0.05) is 6.07 Å². The molecule has 1 aromatic carbocycles. The van der Waals surface area contributed by atoms with Crippen LogP contribution in [-0.2, 0) is 15.0 Å². The van der Waals surface area contributed by atoms with Gasteiger partial charge >= 0.3 is 5.97 Å². The summed E-state index contributed by atoms with van der Waals surface area (Å²) in [6.45, 7) is 3.21. The van der Waals surface area contributed by atoms with Crippen molar-refractivity contribution in [2.24, 2.45) is 0 Å². The first kappa shape index (κ1) is 11.4. The lowest BCUT2D eigenvalue weighted by molar-refractivity contribution is -0.142. The Hall–Kier alpha value is -2.04. The van der Waals surface area contributed by atoms with Crippen molar-refractivity contribution in [1.29, 1.82) is 0 Å². The van der Waals surface area contributed by atoms with Crippen molar-refractivity contribution in [2.45, 2.75) is 19.3 Å². The molecule has 1 aliphatic heterocycles. The Morgan fingerprint density at radius 2 is 2.18 bits per heavy atom. The van der Waals surface area contributed by atoms with Crippen LogP contribution >= 0.6 is 0 Å². The topological polar surface area (TPSA) is 75.6 Å². The fourth-order valence-corrected chi connectivity index (χ4v) is 1.59. The molecule has 90 valence electrons. The summed E-state index contributed by atoms with van der Waals surface area (Å²) in [5.74, 6) is -0.600. The van der Waals surface area contributed by atoms with Crippen molar-refractivity contribution in [3.63, 3.8) is 0 Å². The predicted molar refractivity (Wildman–Crippen MR) is 61.2 cm³/mol. The van der Waals surface area contributed by atoms with E-state index < -0.39 is 11.4 Å². The molecule has 2 rings (SSSR count). The summed E-state index contributed by atoms with van der Waals surface area (Å²) < 4.78 is 5.25. The van der Waals surface area contributed by atoms with Crippen LogP contribution in [0.2, 0.25) is 0 Å². The predicted octanol–water partition coefficient (Wildman–Crippen LogP) is 1.38. The fraction of sp³-hybridized carbons (Fsp3) is 0.333. The number of carbonyl (C=O) groups excluding carboxylic acids is 1. The van der Waals surface area contributed by atoms with Gasteiger partial charge in [0.25, 0.3) is 5.91 Å². The molecular formula is C12H13NO4. The summed E-state index contributed by atoms with van der Waals surface area (Å²) in [7, 11) is 0. The van der Waals surface area contributed by atoms with Gasteiger partial charge in [0.2, 0.25) is 0 Å². The van der Waals surface area contributed by atoms with E-state index >= 15 is 0 Å². The largest absolute Gasteiger partial charge is 0.482 e. The van der Waals surface area contributed by atoms with Gasteiger partial charge in [-0.25, -0.2) is 0 Å². The van der Waals surface area contributed by atoms with E-state index in [-0.39, 0.29) is 12.5 Å². The normalized spacial score (nSPS) is 14.6. The zero-order chi connectivity index (χ0) is 12.6. The molecule has 0 fully saturated rings. The van der Waals surface area contributed by atoms with Crippen LogP contribution in [0.1, 0.15) is 19.4 Å². The molecule has 17 heavy (non-hydrogen) atoms. The van der Waals surface area contributed by atoms with Crippen LogP contribution in [0.25, 0.3) is 0 Å². The van der Waals surface area contributed by atoms with Gasteiger partial charge in [-0.15, -0.1) is 0 Å². The molecule has 0 bridgehead atoms. The second kappa shape index (κ2) is 3.76. The molecule has 2 N–H and O–H groups in total. The van der Waals surface area contributed by atoms with E-state index in [0.717, 1.165) is 0 Å². The SMILES string of the molecule is CC(C)(C(=O)O)c1ccc2c(c1)OCC(=O)N2. The molecule has 5 nitrogen and oxygen atoms in total. The summed E-state index contributed by atoms with van der Waals surface area (Å²) in [5.41, 5.74) is 0.228. The van der Waals surface area contributed by atoms with Crippen LogP contribution in [0.4, 0.5) is 5.69 Å². The van der Waals surface area contributed by atoms with E-state index in [0.29, 0.717) is 17.0 Å². The smallest absolute Gasteiger partial charge is 0.313 e. The molecule has 1 aliphatic rings. The molecule has 0 spiro atoms. The van der Waals surface area contributed by atoms with Gasteiger partial charge in [-0.2, -0.15) is 0 Å². The van der Waals surface area contributed by atoms with Crippen LogP contribution in [0.5, 0.6) is 5.75 Å². The van der Waals surface area contributed by atoms with Gasteiger partial charge in [0, 0.05) is 0 Å². The minimum atomic E-state index is -0.986. The lowest BCUT2D eigenvalue weighted by atomic mass is 9.84. The van der Waals surface area contributed by atoms with Gasteiger partial charge in [0.15, 0.2) is 6.61 Å². The first-order chi connectivity index (χ1) is 7.91. The number of anilines is 1. The summed E-state index contributed by atoms with van der Waals surface area (Å²) in [6.07, 6.45) is 0. The van der Waals surface area contributed by atoms with E-state index in [2.05, 4.69) is 5.32 Å². The Morgan fingerprint density at radius 3 is 2.82 bits per heavy atom. The fourth-order valence-electron chi connectivity index (χ4n) is 1.59. The van der Waals surface area contributed by atoms with E-state index in [1.54, 1.807) is 32.0 Å². The standard InChI is InChI=1S/C12H13NO4/c1-12(2,11(15)16)7-3-4-8-9(5-7)17-6-10(14)13-8/h3-5H,6H2,1-2H3,(H,13,14)(H,15,16). The minimum absolute atomic E-state index is 0.0377. The second-order valence-electron chi connectivity index (χ2n) is 4.48. The quantitative estimate of drug-likeness (QED) is 0.812. The molecular weight excluding hydrogens is 222 g/mol. The second-order valence-corrected chi connectivity index (χ2v) is 4.48. The maximum absolute atomic E-state index is 11.1. The average molecular weight is 235 g/mol. The maximum Gasteiger partial charge on any atom is 0.313 e. The van der Waals surface area contributed by atoms with E-state index in [1.807, 2.05) is 0 Å². The Balaban J connectivity index is 2.41. The van der Waals surface area contributed by atoms with Crippen LogP contribution in [0.3, 0.4) is 0 Å². The highest BCUT2D eigenvalue weighted by molar-refractivity contribution is 5.95. The lowest BCUT2D eigenvalue weighted by Gasteiger charge is -2.23. The summed E-state index contributed by atoms with van der Waals surface area (Å²) in [4.78, 5) is 22.2. The molecule has 1 heterocycles. The number of nitrogens with one attached hydrogen (secondary N) is 1. The highest BCUT2D eigenvalue weighted by atomic mass is 16.5. The van der Waals surface area contributed by atoms with Crippen LogP contribution in [0.15, 0.2) is 18.2 Å². The Labute approximate surface area is 98.4 Å². The van der Waals surface area contributed by atoms with Crippen molar-refractivity contribution in [2.75, 3.05) is 11.9 Å². The number of amides is 1. The number of benzene rings is 1. The van der Waals surface area contributed by atoms with Gasteiger partial charge in [0.05, 0.1) is 11.1 Å². The minimum Gasteiger partial charge on any atom is -0.482 e. The zero-order valence-corrected chi connectivity index (χ0v) is 9.61. The van der Waals surface area contributed by atoms with E-state index in [4.69, 9.17) is 9.84 Å². The van der Waals surface area contributed by atoms with E-state index in [1.165, 1.54) is 0 Å². The number of aliphatic carboxylic acids is 1. The van der Waals surface area contributed by atoms with Crippen LogP contribution in [0, 0.1) is 0 Å². The third-order valence-corrected chi connectivity index (χ3v) is 2.87. The molecule has 0 atom stereocenters. The molecule has 0 unspecified atom stereocenters. The zero-order valence-electron chi connectivity index (χ0n) is 9.61. The molecule has 0 aromatic heterocycles. The number of carbonyl (C=O) groups is 2. The van der Waals surface area contributed by atoms with Gasteiger partial charge in [-0.05, 0) is 31.5 Å². The summed E-state index contributed by atoms with van der Waals surface area (Å²) in [5, 5.41) is 11.8. The number of hydrogen-bond acceptors (Lipinski definition) is 3. The van der Waals surface area contributed by atoms with Crippen molar-refractivity contribution < 1.29 is 19.4 Å². The number of hydrogen-bond donors (Lipinski definition) is 2. The first-order valence-corrected chi connectivity index (χ1v) is 5.22. The Bertz CT molecular complexity index is 493. The van der Waals surface area contributed by atoms with Crippen molar-refractivity contribution in [3.8, 4) is 5.75 Å². The number of ether oxygens (including phenoxy) is 1. The molecule has 1 amide bonds. The molecule has 1 aromatic rings. The number of carboxylic acid groups (broad SMARTS) is 1. The molecule has 0 aliphatic carbocycles. The van der Waals surface area contributed by atoms with Gasteiger partial charge < -0.3 is 15.2 Å². The van der Waals surface area contributed by atoms with Crippen LogP contribution < -0.4 is 10.1 Å². The van der Waals surface area contributed by atoms with Gasteiger partial charge in [-0.3, -0.25) is 9.59 Å². The maximum atomic E-state index is 11.1. The molecule has 0 radical (unpaired) electrons. The monoisotopic (exact) mass is 235 g/mol.